The summed E-state index contributed by atoms with van der Waals surface area (Å²) in [5.74, 6) is 1.07. The summed E-state index contributed by atoms with van der Waals surface area (Å²) in [4.78, 5) is 29.9. The number of aryl methyl sites for hydroxylation is 1. The van der Waals surface area contributed by atoms with Gasteiger partial charge in [0.05, 0.1) is 17.0 Å². The molecule has 0 bridgehead atoms. The van der Waals surface area contributed by atoms with Crippen molar-refractivity contribution >= 4 is 39.9 Å². The molecule has 1 aromatic heterocycles. The lowest BCUT2D eigenvalue weighted by atomic mass is 10.1. The van der Waals surface area contributed by atoms with Crippen LogP contribution in [0.1, 0.15) is 34.3 Å². The van der Waals surface area contributed by atoms with Crippen LogP contribution >= 0.6 is 23.1 Å². The van der Waals surface area contributed by atoms with Crippen molar-refractivity contribution in [1.29, 1.82) is 0 Å². The van der Waals surface area contributed by atoms with Gasteiger partial charge in [0.1, 0.15) is 0 Å². The van der Waals surface area contributed by atoms with E-state index in [4.69, 9.17) is 0 Å². The van der Waals surface area contributed by atoms with Crippen molar-refractivity contribution < 1.29 is 9.59 Å². The Bertz CT molecular complexity index is 707. The van der Waals surface area contributed by atoms with Gasteiger partial charge in [-0.15, -0.1) is 11.8 Å². The summed E-state index contributed by atoms with van der Waals surface area (Å²) >= 11 is 3.06. The van der Waals surface area contributed by atoms with Gasteiger partial charge in [-0.2, -0.15) is 0 Å². The number of thioether (sulfide) groups is 1. The van der Waals surface area contributed by atoms with Crippen LogP contribution in [0.5, 0.6) is 0 Å². The molecule has 22 heavy (non-hydrogen) atoms. The molecule has 1 N–H and O–H groups in total. The average molecular weight is 332 g/mol. The van der Waals surface area contributed by atoms with Gasteiger partial charge in [-0.1, -0.05) is 30.4 Å². The Hall–Kier alpha value is -1.66. The zero-order chi connectivity index (χ0) is 15.5. The SMILES string of the molecule is CCSc1ccc(CC(=O)Nc2nc3c(s2)C(=O)CC3)cc1. The van der Waals surface area contributed by atoms with Gasteiger partial charge in [-0.3, -0.25) is 9.59 Å². The number of amides is 1. The van der Waals surface area contributed by atoms with Crippen molar-refractivity contribution in [3.05, 3.63) is 40.4 Å². The molecule has 0 aliphatic heterocycles. The lowest BCUT2D eigenvalue weighted by Gasteiger charge is -2.04. The first kappa shape index (κ1) is 15.2. The number of carbonyl (C=O) groups is 2. The van der Waals surface area contributed by atoms with Crippen LogP contribution in [0.4, 0.5) is 5.13 Å². The fourth-order valence-electron chi connectivity index (χ4n) is 2.36. The topological polar surface area (TPSA) is 59.1 Å². The first-order valence-electron chi connectivity index (χ1n) is 7.20. The van der Waals surface area contributed by atoms with Crippen LogP contribution in [0.15, 0.2) is 29.2 Å². The highest BCUT2D eigenvalue weighted by atomic mass is 32.2. The highest BCUT2D eigenvalue weighted by Crippen LogP contribution is 2.30. The summed E-state index contributed by atoms with van der Waals surface area (Å²) in [6.07, 6.45) is 1.55. The molecule has 6 heteroatoms. The summed E-state index contributed by atoms with van der Waals surface area (Å²) in [5.41, 5.74) is 1.80. The largest absolute Gasteiger partial charge is 0.302 e. The second kappa shape index (κ2) is 6.62. The summed E-state index contributed by atoms with van der Waals surface area (Å²) < 4.78 is 0. The van der Waals surface area contributed by atoms with Crippen LogP contribution < -0.4 is 5.32 Å². The second-order valence-corrected chi connectivity index (χ2v) is 7.36. The molecular weight excluding hydrogens is 316 g/mol. The molecule has 0 atom stereocenters. The standard InChI is InChI=1S/C16H16N2O2S2/c1-2-21-11-5-3-10(4-6-11)9-14(20)18-16-17-12-7-8-13(19)15(12)22-16/h3-6H,2,7-9H2,1H3,(H,17,18,20). The molecule has 0 spiro atoms. The number of hydrogen-bond donors (Lipinski definition) is 1. The summed E-state index contributed by atoms with van der Waals surface area (Å²) in [6, 6.07) is 8.02. The minimum Gasteiger partial charge on any atom is -0.302 e. The van der Waals surface area contributed by atoms with E-state index in [2.05, 4.69) is 17.2 Å². The van der Waals surface area contributed by atoms with Gasteiger partial charge in [0.15, 0.2) is 10.9 Å². The van der Waals surface area contributed by atoms with E-state index in [1.54, 1.807) is 11.8 Å². The number of ketones is 1. The number of hydrogen-bond acceptors (Lipinski definition) is 5. The Labute approximate surface area is 137 Å². The third-order valence-electron chi connectivity index (χ3n) is 3.38. The molecule has 0 radical (unpaired) electrons. The zero-order valence-corrected chi connectivity index (χ0v) is 13.9. The second-order valence-electron chi connectivity index (χ2n) is 5.02. The van der Waals surface area contributed by atoms with Crippen LogP contribution in [-0.2, 0) is 17.6 Å². The van der Waals surface area contributed by atoms with Crippen LogP contribution in [-0.4, -0.2) is 22.4 Å². The number of nitrogens with one attached hydrogen (secondary N) is 1. The number of benzene rings is 1. The number of nitrogens with zero attached hydrogens (tertiary/aromatic N) is 1. The Balaban J connectivity index is 1.60. The fraction of sp³-hybridized carbons (Fsp3) is 0.312. The van der Waals surface area contributed by atoms with E-state index in [0.717, 1.165) is 17.0 Å². The molecule has 114 valence electrons. The highest BCUT2D eigenvalue weighted by molar-refractivity contribution is 7.99. The molecular formula is C16H16N2O2S2. The normalized spacial score (nSPS) is 13.2. The van der Waals surface area contributed by atoms with Crippen molar-refractivity contribution in [3.8, 4) is 0 Å². The Morgan fingerprint density at radius 1 is 1.32 bits per heavy atom. The van der Waals surface area contributed by atoms with E-state index in [9.17, 15) is 9.59 Å². The molecule has 1 aliphatic carbocycles. The van der Waals surface area contributed by atoms with Gasteiger partial charge in [0.25, 0.3) is 0 Å². The maximum Gasteiger partial charge on any atom is 0.230 e. The molecule has 0 unspecified atom stereocenters. The van der Waals surface area contributed by atoms with Crippen LogP contribution in [0, 0.1) is 0 Å². The minimum absolute atomic E-state index is 0.101. The van der Waals surface area contributed by atoms with E-state index >= 15 is 0 Å². The fourth-order valence-corrected chi connectivity index (χ4v) is 4.01. The maximum atomic E-state index is 12.1. The number of rotatable bonds is 5. The summed E-state index contributed by atoms with van der Waals surface area (Å²) in [7, 11) is 0. The Kier molecular flexibility index (Phi) is 4.59. The van der Waals surface area contributed by atoms with Gasteiger partial charge in [-0.05, 0) is 29.9 Å². The highest BCUT2D eigenvalue weighted by Gasteiger charge is 2.24. The zero-order valence-electron chi connectivity index (χ0n) is 12.2. The van der Waals surface area contributed by atoms with Crippen molar-refractivity contribution in [1.82, 2.24) is 4.98 Å². The number of carbonyl (C=O) groups excluding carboxylic acids is 2. The summed E-state index contributed by atoms with van der Waals surface area (Å²) in [5, 5.41) is 3.32. The molecule has 1 heterocycles. The first-order chi connectivity index (χ1) is 10.7. The number of fused-ring (bicyclic) bond motifs is 1. The predicted molar refractivity (Wildman–Crippen MR) is 89.9 cm³/mol. The molecule has 0 saturated heterocycles. The molecule has 4 nitrogen and oxygen atoms in total. The maximum absolute atomic E-state index is 12.1. The average Bonchev–Trinajstić information content (AvgIpc) is 3.03. The monoisotopic (exact) mass is 332 g/mol. The molecule has 3 rings (SSSR count). The van der Waals surface area contributed by atoms with Crippen molar-refractivity contribution in [2.75, 3.05) is 11.1 Å². The molecule has 1 aromatic carbocycles. The van der Waals surface area contributed by atoms with Crippen molar-refractivity contribution in [2.24, 2.45) is 0 Å². The van der Waals surface area contributed by atoms with Crippen molar-refractivity contribution in [3.63, 3.8) is 0 Å². The third-order valence-corrected chi connectivity index (χ3v) is 5.33. The molecule has 0 saturated carbocycles. The van der Waals surface area contributed by atoms with Gasteiger partial charge in [-0.25, -0.2) is 4.98 Å². The van der Waals surface area contributed by atoms with E-state index < -0.39 is 0 Å². The van der Waals surface area contributed by atoms with E-state index in [-0.39, 0.29) is 11.7 Å². The lowest BCUT2D eigenvalue weighted by Crippen LogP contribution is -2.14. The Morgan fingerprint density at radius 3 is 2.77 bits per heavy atom. The van der Waals surface area contributed by atoms with Crippen LogP contribution in [0.25, 0.3) is 0 Å². The van der Waals surface area contributed by atoms with Crippen molar-refractivity contribution in [2.45, 2.75) is 31.1 Å². The summed E-state index contributed by atoms with van der Waals surface area (Å²) in [6.45, 7) is 2.11. The van der Waals surface area contributed by atoms with E-state index in [0.29, 0.717) is 29.3 Å². The predicted octanol–water partition coefficient (Wildman–Crippen LogP) is 3.57. The number of aromatic nitrogens is 1. The van der Waals surface area contributed by atoms with Gasteiger partial charge in [0.2, 0.25) is 5.91 Å². The first-order valence-corrected chi connectivity index (χ1v) is 9.00. The molecule has 2 aromatic rings. The lowest BCUT2D eigenvalue weighted by molar-refractivity contribution is -0.115. The smallest absolute Gasteiger partial charge is 0.230 e. The number of Topliss-reactive ketones (excluding diaryl/α,β-unsaturated/α-hetero) is 1. The number of anilines is 1. The van der Waals surface area contributed by atoms with Crippen LogP contribution in [0.3, 0.4) is 0 Å². The molecule has 1 amide bonds. The van der Waals surface area contributed by atoms with Gasteiger partial charge < -0.3 is 5.32 Å². The van der Waals surface area contributed by atoms with Crippen LogP contribution in [0.2, 0.25) is 0 Å². The number of thiazole rings is 1. The molecule has 1 aliphatic rings. The quantitative estimate of drug-likeness (QED) is 0.851. The van der Waals surface area contributed by atoms with E-state index in [1.165, 1.54) is 16.2 Å². The Morgan fingerprint density at radius 2 is 2.09 bits per heavy atom. The van der Waals surface area contributed by atoms with E-state index in [1.807, 2.05) is 24.3 Å². The minimum atomic E-state index is -0.101. The molecule has 0 fully saturated rings. The van der Waals surface area contributed by atoms with Gasteiger partial charge >= 0.3 is 0 Å². The van der Waals surface area contributed by atoms with Gasteiger partial charge in [0, 0.05) is 11.3 Å². The third kappa shape index (κ3) is 3.39.